The molecule has 0 aliphatic carbocycles. The molecule has 2 aromatic rings. The first kappa shape index (κ1) is 12.8. The van der Waals surface area contributed by atoms with Crippen molar-refractivity contribution >= 4 is 17.3 Å². The van der Waals surface area contributed by atoms with Gasteiger partial charge in [-0.25, -0.2) is 4.98 Å². The van der Waals surface area contributed by atoms with Crippen LogP contribution in [0.25, 0.3) is 11.3 Å². The van der Waals surface area contributed by atoms with Crippen LogP contribution in [0.2, 0.25) is 0 Å². The number of aliphatic carboxylic acids is 1. The first-order valence-corrected chi connectivity index (χ1v) is 6.77. The van der Waals surface area contributed by atoms with Crippen LogP contribution in [-0.2, 0) is 11.2 Å². The molecule has 4 heteroatoms. The summed E-state index contributed by atoms with van der Waals surface area (Å²) in [4.78, 5) is 15.3. The van der Waals surface area contributed by atoms with Gasteiger partial charge in [-0.3, -0.25) is 4.79 Å². The molecule has 1 heterocycles. The maximum atomic E-state index is 10.7. The molecule has 94 valence electrons. The Morgan fingerprint density at radius 3 is 2.78 bits per heavy atom. The number of carboxylic acid groups (broad SMARTS) is 1. The second-order valence-electron chi connectivity index (χ2n) is 4.27. The minimum absolute atomic E-state index is 0.311. The minimum atomic E-state index is -0.741. The summed E-state index contributed by atoms with van der Waals surface area (Å²) >= 11 is 1.59. The summed E-state index contributed by atoms with van der Waals surface area (Å²) in [5, 5.41) is 11.9. The van der Waals surface area contributed by atoms with Gasteiger partial charge in [0.15, 0.2) is 0 Å². The van der Waals surface area contributed by atoms with Crippen molar-refractivity contribution in [3.05, 3.63) is 40.7 Å². The van der Waals surface area contributed by atoms with Crippen LogP contribution in [0.1, 0.15) is 18.4 Å². The lowest BCUT2D eigenvalue weighted by atomic mass is 10.1. The zero-order chi connectivity index (χ0) is 13.0. The first-order chi connectivity index (χ1) is 8.66. The molecule has 2 rings (SSSR count). The summed E-state index contributed by atoms with van der Waals surface area (Å²) in [5.41, 5.74) is 2.07. The normalized spacial score (nSPS) is 12.3. The quantitative estimate of drug-likeness (QED) is 0.896. The van der Waals surface area contributed by atoms with E-state index in [0.29, 0.717) is 6.42 Å². The van der Waals surface area contributed by atoms with Crippen molar-refractivity contribution in [3.8, 4) is 11.3 Å². The van der Waals surface area contributed by atoms with Crippen LogP contribution in [0.15, 0.2) is 35.7 Å². The Balaban J connectivity index is 2.01. The fourth-order valence-electron chi connectivity index (χ4n) is 1.63. The van der Waals surface area contributed by atoms with Gasteiger partial charge in [0.1, 0.15) is 0 Å². The van der Waals surface area contributed by atoms with E-state index in [1.54, 1.807) is 18.3 Å². The van der Waals surface area contributed by atoms with Gasteiger partial charge in [0, 0.05) is 17.4 Å². The number of rotatable bonds is 5. The standard InChI is InChI=1S/C14H15NO2S/c1-10(14(16)17)7-8-13-15-12(9-18-13)11-5-3-2-4-6-11/h2-6,9-10H,7-8H2,1H3,(H,16,17). The molecule has 1 aromatic carbocycles. The summed E-state index contributed by atoms with van der Waals surface area (Å²) in [5.74, 6) is -1.05. The van der Waals surface area contributed by atoms with E-state index < -0.39 is 5.97 Å². The number of thiazole rings is 1. The number of hydrogen-bond donors (Lipinski definition) is 1. The van der Waals surface area contributed by atoms with E-state index >= 15 is 0 Å². The monoisotopic (exact) mass is 261 g/mol. The number of hydrogen-bond acceptors (Lipinski definition) is 3. The molecule has 1 N–H and O–H groups in total. The van der Waals surface area contributed by atoms with Crippen LogP contribution < -0.4 is 0 Å². The van der Waals surface area contributed by atoms with Crippen molar-refractivity contribution in [2.45, 2.75) is 19.8 Å². The molecule has 1 unspecified atom stereocenters. The van der Waals surface area contributed by atoms with Gasteiger partial charge in [-0.2, -0.15) is 0 Å². The van der Waals surface area contributed by atoms with E-state index in [0.717, 1.165) is 22.7 Å². The molecule has 0 radical (unpaired) electrons. The van der Waals surface area contributed by atoms with Gasteiger partial charge in [0.05, 0.1) is 16.6 Å². The lowest BCUT2D eigenvalue weighted by Gasteiger charge is -2.02. The number of carboxylic acids is 1. The van der Waals surface area contributed by atoms with Crippen LogP contribution in [0.5, 0.6) is 0 Å². The van der Waals surface area contributed by atoms with Crippen LogP contribution >= 0.6 is 11.3 Å². The van der Waals surface area contributed by atoms with Gasteiger partial charge in [-0.15, -0.1) is 11.3 Å². The Kier molecular flexibility index (Phi) is 4.10. The highest BCUT2D eigenvalue weighted by Gasteiger charge is 2.12. The van der Waals surface area contributed by atoms with E-state index in [9.17, 15) is 4.79 Å². The molecule has 0 amide bonds. The van der Waals surface area contributed by atoms with E-state index in [4.69, 9.17) is 5.11 Å². The maximum Gasteiger partial charge on any atom is 0.306 e. The molecule has 18 heavy (non-hydrogen) atoms. The molecule has 0 fully saturated rings. The van der Waals surface area contributed by atoms with Crippen LogP contribution in [0, 0.1) is 5.92 Å². The Morgan fingerprint density at radius 1 is 1.39 bits per heavy atom. The first-order valence-electron chi connectivity index (χ1n) is 5.89. The number of carbonyl (C=O) groups is 1. The molecule has 0 saturated heterocycles. The molecule has 0 bridgehead atoms. The van der Waals surface area contributed by atoms with Gasteiger partial charge < -0.3 is 5.11 Å². The van der Waals surface area contributed by atoms with Gasteiger partial charge in [-0.05, 0) is 6.42 Å². The average Bonchev–Trinajstić information content (AvgIpc) is 2.85. The minimum Gasteiger partial charge on any atom is -0.481 e. The number of aromatic nitrogens is 1. The van der Waals surface area contributed by atoms with Crippen LogP contribution in [-0.4, -0.2) is 16.1 Å². The molecular formula is C14H15NO2S. The van der Waals surface area contributed by atoms with Gasteiger partial charge in [-0.1, -0.05) is 37.3 Å². The molecule has 0 aliphatic heterocycles. The number of aryl methyl sites for hydroxylation is 1. The maximum absolute atomic E-state index is 10.7. The predicted octanol–water partition coefficient (Wildman–Crippen LogP) is 3.46. The smallest absolute Gasteiger partial charge is 0.306 e. The topological polar surface area (TPSA) is 50.2 Å². The molecule has 1 atom stereocenters. The molecule has 0 saturated carbocycles. The van der Waals surface area contributed by atoms with Crippen molar-refractivity contribution in [2.75, 3.05) is 0 Å². The summed E-state index contributed by atoms with van der Waals surface area (Å²) in [7, 11) is 0. The summed E-state index contributed by atoms with van der Waals surface area (Å²) in [6, 6.07) is 10.0. The fourth-order valence-corrected chi connectivity index (χ4v) is 2.45. The highest BCUT2D eigenvalue weighted by molar-refractivity contribution is 7.09. The molecule has 0 aliphatic rings. The number of benzene rings is 1. The highest BCUT2D eigenvalue weighted by Crippen LogP contribution is 2.23. The third-order valence-electron chi connectivity index (χ3n) is 2.83. The zero-order valence-electron chi connectivity index (χ0n) is 10.2. The number of nitrogens with zero attached hydrogens (tertiary/aromatic N) is 1. The summed E-state index contributed by atoms with van der Waals surface area (Å²) in [6.45, 7) is 1.73. The van der Waals surface area contributed by atoms with Crippen molar-refractivity contribution < 1.29 is 9.90 Å². The van der Waals surface area contributed by atoms with Gasteiger partial charge >= 0.3 is 5.97 Å². The van der Waals surface area contributed by atoms with Gasteiger partial charge in [0.25, 0.3) is 0 Å². The average molecular weight is 261 g/mol. The predicted molar refractivity (Wildman–Crippen MR) is 72.7 cm³/mol. The largest absolute Gasteiger partial charge is 0.481 e. The summed E-state index contributed by atoms with van der Waals surface area (Å²) < 4.78 is 0. The van der Waals surface area contributed by atoms with Crippen molar-refractivity contribution in [3.63, 3.8) is 0 Å². The zero-order valence-corrected chi connectivity index (χ0v) is 11.0. The van der Waals surface area contributed by atoms with E-state index in [2.05, 4.69) is 4.98 Å². The van der Waals surface area contributed by atoms with Crippen LogP contribution in [0.3, 0.4) is 0 Å². The molecule has 0 spiro atoms. The summed E-state index contributed by atoms with van der Waals surface area (Å²) in [6.07, 6.45) is 1.36. The van der Waals surface area contributed by atoms with Crippen molar-refractivity contribution in [2.24, 2.45) is 5.92 Å². The highest BCUT2D eigenvalue weighted by atomic mass is 32.1. The molecular weight excluding hydrogens is 246 g/mol. The Morgan fingerprint density at radius 2 is 2.11 bits per heavy atom. The lowest BCUT2D eigenvalue weighted by molar-refractivity contribution is -0.141. The van der Waals surface area contributed by atoms with Crippen molar-refractivity contribution in [1.29, 1.82) is 0 Å². The third kappa shape index (κ3) is 3.17. The Labute approximate surface area is 110 Å². The van der Waals surface area contributed by atoms with Crippen molar-refractivity contribution in [1.82, 2.24) is 4.98 Å². The van der Waals surface area contributed by atoms with E-state index in [1.807, 2.05) is 35.7 Å². The molecule has 3 nitrogen and oxygen atoms in total. The van der Waals surface area contributed by atoms with Crippen LogP contribution in [0.4, 0.5) is 0 Å². The fraction of sp³-hybridized carbons (Fsp3) is 0.286. The van der Waals surface area contributed by atoms with E-state index in [1.165, 1.54) is 0 Å². The SMILES string of the molecule is CC(CCc1nc(-c2ccccc2)cs1)C(=O)O. The van der Waals surface area contributed by atoms with E-state index in [-0.39, 0.29) is 5.92 Å². The lowest BCUT2D eigenvalue weighted by Crippen LogP contribution is -2.10. The molecule has 1 aromatic heterocycles. The second-order valence-corrected chi connectivity index (χ2v) is 5.21. The second kappa shape index (κ2) is 5.78. The Bertz CT molecular complexity index is 522. The third-order valence-corrected chi connectivity index (χ3v) is 3.74. The Hall–Kier alpha value is -1.68. The van der Waals surface area contributed by atoms with Gasteiger partial charge in [0.2, 0.25) is 0 Å².